The Morgan fingerprint density at radius 3 is 2.75 bits per heavy atom. The van der Waals surface area contributed by atoms with Gasteiger partial charge in [0.25, 0.3) is 0 Å². The van der Waals surface area contributed by atoms with Crippen LogP contribution in [0, 0.1) is 11.3 Å². The van der Waals surface area contributed by atoms with Crippen molar-refractivity contribution in [3.05, 3.63) is 35.7 Å². The van der Waals surface area contributed by atoms with E-state index in [9.17, 15) is 0 Å². The lowest BCUT2D eigenvalue weighted by Crippen LogP contribution is -1.89. The summed E-state index contributed by atoms with van der Waals surface area (Å²) in [6, 6.07) is 9.17. The van der Waals surface area contributed by atoms with Crippen LogP contribution in [0.4, 0.5) is 0 Å². The molecule has 80 valence electrons. The van der Waals surface area contributed by atoms with Crippen LogP contribution in [0.1, 0.15) is 11.4 Å². The molecular formula is C11H10N4O. The molecular weight excluding hydrogens is 204 g/mol. The summed E-state index contributed by atoms with van der Waals surface area (Å²) in [5.74, 6) is 1.29. The maximum absolute atomic E-state index is 8.67. The van der Waals surface area contributed by atoms with Crippen LogP contribution in [0.5, 0.6) is 0 Å². The van der Waals surface area contributed by atoms with Gasteiger partial charge >= 0.3 is 0 Å². The molecule has 0 aliphatic rings. The average molecular weight is 214 g/mol. The number of hydrogen-bond donors (Lipinski definition) is 1. The van der Waals surface area contributed by atoms with Gasteiger partial charge in [0.15, 0.2) is 11.6 Å². The van der Waals surface area contributed by atoms with Gasteiger partial charge in [-0.15, -0.1) is 0 Å². The van der Waals surface area contributed by atoms with E-state index in [2.05, 4.69) is 21.3 Å². The minimum atomic E-state index is 0.406. The first-order valence-electron chi connectivity index (χ1n) is 4.74. The van der Waals surface area contributed by atoms with Gasteiger partial charge in [-0.1, -0.05) is 0 Å². The van der Waals surface area contributed by atoms with Gasteiger partial charge in [-0.3, -0.25) is 5.10 Å². The van der Waals surface area contributed by atoms with Crippen molar-refractivity contribution in [2.45, 2.75) is 6.61 Å². The van der Waals surface area contributed by atoms with Gasteiger partial charge in [0.1, 0.15) is 6.61 Å². The lowest BCUT2D eigenvalue weighted by atomic mass is 10.1. The fourth-order valence-electron chi connectivity index (χ4n) is 1.32. The first-order chi connectivity index (χ1) is 7.83. The molecule has 0 amide bonds. The van der Waals surface area contributed by atoms with Gasteiger partial charge < -0.3 is 4.74 Å². The molecule has 0 unspecified atom stereocenters. The zero-order valence-electron chi connectivity index (χ0n) is 8.77. The first kappa shape index (κ1) is 10.3. The summed E-state index contributed by atoms with van der Waals surface area (Å²) in [4.78, 5) is 4.25. The van der Waals surface area contributed by atoms with Crippen molar-refractivity contribution in [3.63, 3.8) is 0 Å². The molecule has 0 bridgehead atoms. The van der Waals surface area contributed by atoms with E-state index < -0.39 is 0 Å². The van der Waals surface area contributed by atoms with Crippen molar-refractivity contribution in [1.82, 2.24) is 15.2 Å². The third kappa shape index (κ3) is 2.07. The number of ether oxygens (including phenoxy) is 1. The lowest BCUT2D eigenvalue weighted by molar-refractivity contribution is 0.178. The summed E-state index contributed by atoms with van der Waals surface area (Å²) in [6.45, 7) is 0.406. The Hall–Kier alpha value is -2.19. The van der Waals surface area contributed by atoms with Crippen LogP contribution in [-0.2, 0) is 11.3 Å². The zero-order valence-corrected chi connectivity index (χ0v) is 8.77. The number of aromatic nitrogens is 3. The highest BCUT2D eigenvalue weighted by atomic mass is 16.5. The summed E-state index contributed by atoms with van der Waals surface area (Å²) in [5.41, 5.74) is 1.49. The molecule has 2 aromatic rings. The minimum absolute atomic E-state index is 0.406. The number of benzene rings is 1. The largest absolute Gasteiger partial charge is 0.377 e. The summed E-state index contributed by atoms with van der Waals surface area (Å²) in [7, 11) is 1.60. The summed E-state index contributed by atoms with van der Waals surface area (Å²) < 4.78 is 4.94. The molecule has 16 heavy (non-hydrogen) atoms. The van der Waals surface area contributed by atoms with Gasteiger partial charge in [0, 0.05) is 12.7 Å². The number of nitriles is 1. The average Bonchev–Trinajstić information content (AvgIpc) is 2.78. The Labute approximate surface area is 92.7 Å². The summed E-state index contributed by atoms with van der Waals surface area (Å²) in [5, 5.41) is 15.5. The van der Waals surface area contributed by atoms with E-state index in [1.807, 2.05) is 12.1 Å². The van der Waals surface area contributed by atoms with Crippen LogP contribution in [0.15, 0.2) is 24.3 Å². The predicted octanol–water partition coefficient (Wildman–Crippen LogP) is 1.49. The third-order valence-corrected chi connectivity index (χ3v) is 2.08. The van der Waals surface area contributed by atoms with Gasteiger partial charge in [0.05, 0.1) is 11.6 Å². The van der Waals surface area contributed by atoms with Crippen molar-refractivity contribution in [1.29, 1.82) is 5.26 Å². The van der Waals surface area contributed by atoms with E-state index >= 15 is 0 Å². The number of nitrogens with one attached hydrogen (secondary N) is 1. The number of aromatic amines is 1. The topological polar surface area (TPSA) is 74.6 Å². The molecule has 5 nitrogen and oxygen atoms in total. The van der Waals surface area contributed by atoms with Crippen LogP contribution in [0.2, 0.25) is 0 Å². The van der Waals surface area contributed by atoms with Gasteiger partial charge in [0.2, 0.25) is 0 Å². The van der Waals surface area contributed by atoms with Crippen LogP contribution in [0.3, 0.4) is 0 Å². The SMILES string of the molecule is COCc1nc(-c2ccc(C#N)cc2)n[nH]1. The number of methoxy groups -OCH3 is 1. The van der Waals surface area contributed by atoms with Crippen LogP contribution in [0.25, 0.3) is 11.4 Å². The fourth-order valence-corrected chi connectivity index (χ4v) is 1.32. The molecule has 5 heteroatoms. The van der Waals surface area contributed by atoms with Crippen molar-refractivity contribution < 1.29 is 4.74 Å². The normalized spacial score (nSPS) is 10.0. The fraction of sp³-hybridized carbons (Fsp3) is 0.182. The highest BCUT2D eigenvalue weighted by molar-refractivity contribution is 5.55. The molecule has 1 aromatic heterocycles. The highest BCUT2D eigenvalue weighted by Gasteiger charge is 2.05. The predicted molar refractivity (Wildman–Crippen MR) is 57.2 cm³/mol. The van der Waals surface area contributed by atoms with E-state index in [1.54, 1.807) is 19.2 Å². The lowest BCUT2D eigenvalue weighted by Gasteiger charge is -1.94. The maximum atomic E-state index is 8.67. The van der Waals surface area contributed by atoms with E-state index in [-0.39, 0.29) is 0 Å². The molecule has 0 spiro atoms. The maximum Gasteiger partial charge on any atom is 0.181 e. The molecule has 0 fully saturated rings. The van der Waals surface area contributed by atoms with Crippen LogP contribution >= 0.6 is 0 Å². The molecule has 0 aliphatic carbocycles. The second-order valence-corrected chi connectivity index (χ2v) is 3.23. The van der Waals surface area contributed by atoms with Gasteiger partial charge in [-0.25, -0.2) is 4.98 Å². The smallest absolute Gasteiger partial charge is 0.181 e. The quantitative estimate of drug-likeness (QED) is 0.839. The van der Waals surface area contributed by atoms with E-state index in [1.165, 1.54) is 0 Å². The minimum Gasteiger partial charge on any atom is -0.377 e. The second kappa shape index (κ2) is 4.55. The third-order valence-electron chi connectivity index (χ3n) is 2.08. The molecule has 1 N–H and O–H groups in total. The Kier molecular flexibility index (Phi) is 2.94. The summed E-state index contributed by atoms with van der Waals surface area (Å²) >= 11 is 0. The first-order valence-corrected chi connectivity index (χ1v) is 4.74. The molecule has 1 aromatic carbocycles. The number of hydrogen-bond acceptors (Lipinski definition) is 4. The zero-order chi connectivity index (χ0) is 11.4. The van der Waals surface area contributed by atoms with Crippen LogP contribution < -0.4 is 0 Å². The molecule has 0 aliphatic heterocycles. The van der Waals surface area contributed by atoms with Crippen molar-refractivity contribution >= 4 is 0 Å². The second-order valence-electron chi connectivity index (χ2n) is 3.23. The molecule has 0 radical (unpaired) electrons. The van der Waals surface area contributed by atoms with Crippen LogP contribution in [-0.4, -0.2) is 22.3 Å². The Balaban J connectivity index is 2.25. The standard InChI is InChI=1S/C11H10N4O/c1-16-7-10-13-11(15-14-10)9-4-2-8(6-12)3-5-9/h2-5H,7H2,1H3,(H,13,14,15). The molecule has 1 heterocycles. The van der Waals surface area contributed by atoms with Gasteiger partial charge in [-0.05, 0) is 24.3 Å². The van der Waals surface area contributed by atoms with Gasteiger partial charge in [-0.2, -0.15) is 10.4 Å². The monoisotopic (exact) mass is 214 g/mol. The molecule has 0 saturated carbocycles. The number of rotatable bonds is 3. The Morgan fingerprint density at radius 1 is 1.38 bits per heavy atom. The van der Waals surface area contributed by atoms with E-state index in [0.717, 1.165) is 5.56 Å². The Bertz CT molecular complexity index is 510. The Morgan fingerprint density at radius 2 is 2.12 bits per heavy atom. The van der Waals surface area contributed by atoms with Crippen molar-refractivity contribution in [2.24, 2.45) is 0 Å². The number of nitrogens with zero attached hydrogens (tertiary/aromatic N) is 3. The van der Waals surface area contributed by atoms with E-state index in [4.69, 9.17) is 10.00 Å². The molecule has 0 saturated heterocycles. The molecule has 0 atom stereocenters. The van der Waals surface area contributed by atoms with E-state index in [0.29, 0.717) is 23.8 Å². The van der Waals surface area contributed by atoms with Crippen molar-refractivity contribution in [2.75, 3.05) is 7.11 Å². The molecule has 2 rings (SSSR count). The highest BCUT2D eigenvalue weighted by Crippen LogP contribution is 2.15. The van der Waals surface area contributed by atoms with Crippen molar-refractivity contribution in [3.8, 4) is 17.5 Å². The summed E-state index contributed by atoms with van der Waals surface area (Å²) in [6.07, 6.45) is 0. The number of H-pyrrole nitrogens is 1.